The van der Waals surface area contributed by atoms with Crippen molar-refractivity contribution in [1.29, 1.82) is 0 Å². The summed E-state index contributed by atoms with van der Waals surface area (Å²) in [5.74, 6) is 7.81. The molecule has 2 aliphatic heterocycles. The minimum atomic E-state index is -3.89. The highest BCUT2D eigenvalue weighted by atomic mass is 32.2. The highest BCUT2D eigenvalue weighted by Gasteiger charge is 2.38. The van der Waals surface area contributed by atoms with Gasteiger partial charge in [-0.05, 0) is 64.0 Å². The van der Waals surface area contributed by atoms with Crippen LogP contribution in [0.4, 0.5) is 0 Å². The smallest absolute Gasteiger partial charge is 0.247 e. The van der Waals surface area contributed by atoms with Crippen LogP contribution < -0.4 is 14.2 Å². The van der Waals surface area contributed by atoms with Crippen molar-refractivity contribution in [3.05, 3.63) is 47.5 Å². The molecule has 0 saturated heterocycles. The van der Waals surface area contributed by atoms with Gasteiger partial charge < -0.3 is 19.3 Å². The molecule has 9 nitrogen and oxygen atoms in total. The number of aliphatic hydroxyl groups excluding tert-OH is 1. The van der Waals surface area contributed by atoms with Gasteiger partial charge in [0.15, 0.2) is 11.5 Å². The van der Waals surface area contributed by atoms with Gasteiger partial charge in [-0.25, -0.2) is 8.42 Å². The standard InChI is InChI=1S/C28H37N3O6S/c1-20-15-31(21(2)18-32)38(33,34)28-11-9-22(7-6-12-29(3)4)13-26(28)37-27(20)17-30(5)16-23-8-10-24-25(14-23)36-19-35-24/h8-11,13-14,20-21,27,32H,12,15-19H2,1-5H3/t20-,21-,27+/m0/s1. The third-order valence-corrected chi connectivity index (χ3v) is 8.70. The zero-order chi connectivity index (χ0) is 27.4. The first-order valence-electron chi connectivity index (χ1n) is 12.7. The second-order valence-electron chi connectivity index (χ2n) is 10.3. The fourth-order valence-corrected chi connectivity index (χ4v) is 6.37. The van der Waals surface area contributed by atoms with Crippen molar-refractivity contribution in [2.24, 2.45) is 5.92 Å². The van der Waals surface area contributed by atoms with Crippen molar-refractivity contribution in [3.63, 3.8) is 0 Å². The van der Waals surface area contributed by atoms with Crippen LogP contribution in [-0.2, 0) is 16.6 Å². The molecule has 4 rings (SSSR count). The molecule has 2 aliphatic rings. The fourth-order valence-electron chi connectivity index (χ4n) is 4.54. The number of nitrogens with zero attached hydrogens (tertiary/aromatic N) is 3. The van der Waals surface area contributed by atoms with E-state index in [1.807, 2.05) is 51.2 Å². The zero-order valence-corrected chi connectivity index (χ0v) is 23.5. The Morgan fingerprint density at radius 2 is 1.87 bits per heavy atom. The SMILES string of the molecule is C[C@H]1CN([C@@H](C)CO)S(=O)(=O)c2ccc(C#CCN(C)C)cc2O[C@@H]1CN(C)Cc1ccc2c(c1)OCO2. The lowest BCUT2D eigenvalue weighted by atomic mass is 10.0. The highest BCUT2D eigenvalue weighted by molar-refractivity contribution is 7.89. The first-order chi connectivity index (χ1) is 18.1. The van der Waals surface area contributed by atoms with Crippen molar-refractivity contribution in [1.82, 2.24) is 14.1 Å². The highest BCUT2D eigenvalue weighted by Crippen LogP contribution is 2.35. The Morgan fingerprint density at radius 1 is 1.11 bits per heavy atom. The molecule has 206 valence electrons. The van der Waals surface area contributed by atoms with Gasteiger partial charge >= 0.3 is 0 Å². The van der Waals surface area contributed by atoms with Crippen LogP contribution in [0.5, 0.6) is 17.2 Å². The lowest BCUT2D eigenvalue weighted by Crippen LogP contribution is -2.49. The van der Waals surface area contributed by atoms with E-state index in [0.29, 0.717) is 25.2 Å². The molecule has 38 heavy (non-hydrogen) atoms. The minimum Gasteiger partial charge on any atom is -0.487 e. The predicted octanol–water partition coefficient (Wildman–Crippen LogP) is 2.23. The summed E-state index contributed by atoms with van der Waals surface area (Å²) >= 11 is 0. The van der Waals surface area contributed by atoms with Crippen LogP contribution in [-0.4, -0.2) is 94.0 Å². The number of ether oxygens (including phenoxy) is 3. The normalized spacial score (nSPS) is 21.2. The Kier molecular flexibility index (Phi) is 8.85. The van der Waals surface area contributed by atoms with Crippen molar-refractivity contribution in [2.45, 2.75) is 37.4 Å². The van der Waals surface area contributed by atoms with E-state index in [2.05, 4.69) is 16.7 Å². The predicted molar refractivity (Wildman–Crippen MR) is 145 cm³/mol. The van der Waals surface area contributed by atoms with Crippen LogP contribution >= 0.6 is 0 Å². The van der Waals surface area contributed by atoms with E-state index in [1.165, 1.54) is 4.31 Å². The third-order valence-electron chi connectivity index (χ3n) is 6.68. The molecular weight excluding hydrogens is 506 g/mol. The van der Waals surface area contributed by atoms with E-state index >= 15 is 0 Å². The Hall–Kier alpha value is -2.81. The van der Waals surface area contributed by atoms with Gasteiger partial charge in [-0.1, -0.05) is 24.8 Å². The summed E-state index contributed by atoms with van der Waals surface area (Å²) in [6, 6.07) is 10.3. The van der Waals surface area contributed by atoms with Gasteiger partial charge in [-0.2, -0.15) is 4.31 Å². The summed E-state index contributed by atoms with van der Waals surface area (Å²) in [4.78, 5) is 4.20. The van der Waals surface area contributed by atoms with Gasteiger partial charge in [-0.15, -0.1) is 0 Å². The molecule has 2 aromatic carbocycles. The van der Waals surface area contributed by atoms with Crippen molar-refractivity contribution < 1.29 is 27.7 Å². The quantitative estimate of drug-likeness (QED) is 0.532. The van der Waals surface area contributed by atoms with Gasteiger partial charge in [-0.3, -0.25) is 9.80 Å². The molecular formula is C28H37N3O6S. The molecule has 0 aromatic heterocycles. The van der Waals surface area contributed by atoms with Crippen LogP contribution in [0.15, 0.2) is 41.3 Å². The van der Waals surface area contributed by atoms with Gasteiger partial charge in [0, 0.05) is 37.2 Å². The van der Waals surface area contributed by atoms with E-state index in [4.69, 9.17) is 14.2 Å². The summed E-state index contributed by atoms with van der Waals surface area (Å²) in [6.45, 7) is 5.69. The van der Waals surface area contributed by atoms with Crippen LogP contribution in [0, 0.1) is 17.8 Å². The molecule has 0 radical (unpaired) electrons. The summed E-state index contributed by atoms with van der Waals surface area (Å²) in [5.41, 5.74) is 1.76. The number of benzene rings is 2. The second kappa shape index (κ2) is 11.9. The van der Waals surface area contributed by atoms with E-state index in [-0.39, 0.29) is 42.6 Å². The number of fused-ring (bicyclic) bond motifs is 2. The number of aliphatic hydroxyl groups is 1. The maximum absolute atomic E-state index is 13.7. The maximum Gasteiger partial charge on any atom is 0.247 e. The minimum absolute atomic E-state index is 0.0892. The summed E-state index contributed by atoms with van der Waals surface area (Å²) < 4.78 is 46.1. The van der Waals surface area contributed by atoms with Gasteiger partial charge in [0.1, 0.15) is 16.7 Å². The number of hydrogen-bond donors (Lipinski definition) is 1. The first-order valence-corrected chi connectivity index (χ1v) is 14.2. The molecule has 0 amide bonds. The van der Waals surface area contributed by atoms with E-state index < -0.39 is 16.1 Å². The number of likely N-dealkylation sites (N-methyl/N-ethyl adjacent to an activating group) is 1. The van der Waals surface area contributed by atoms with Crippen molar-refractivity contribution >= 4 is 10.0 Å². The van der Waals surface area contributed by atoms with Gasteiger partial charge in [0.05, 0.1) is 13.2 Å². The zero-order valence-electron chi connectivity index (χ0n) is 22.7. The largest absolute Gasteiger partial charge is 0.487 e. The molecule has 2 aromatic rings. The summed E-state index contributed by atoms with van der Waals surface area (Å²) in [5, 5.41) is 9.86. The molecule has 0 aliphatic carbocycles. The summed E-state index contributed by atoms with van der Waals surface area (Å²) in [7, 11) is 1.99. The molecule has 3 atom stereocenters. The molecule has 0 spiro atoms. The van der Waals surface area contributed by atoms with Crippen LogP contribution in [0.1, 0.15) is 25.0 Å². The van der Waals surface area contributed by atoms with Crippen LogP contribution in [0.2, 0.25) is 0 Å². The monoisotopic (exact) mass is 543 g/mol. The van der Waals surface area contributed by atoms with Gasteiger partial charge in [0.25, 0.3) is 0 Å². The number of hydrogen-bond acceptors (Lipinski definition) is 8. The van der Waals surface area contributed by atoms with E-state index in [9.17, 15) is 13.5 Å². The lowest BCUT2D eigenvalue weighted by Gasteiger charge is -2.37. The topological polar surface area (TPSA) is 91.8 Å². The molecule has 10 heteroatoms. The molecule has 1 N–H and O–H groups in total. The Morgan fingerprint density at radius 3 is 2.61 bits per heavy atom. The average Bonchev–Trinajstić information content (AvgIpc) is 3.33. The van der Waals surface area contributed by atoms with Gasteiger partial charge in [0.2, 0.25) is 16.8 Å². The summed E-state index contributed by atoms with van der Waals surface area (Å²) in [6.07, 6.45) is -0.304. The third kappa shape index (κ3) is 6.42. The van der Waals surface area contributed by atoms with Crippen LogP contribution in [0.3, 0.4) is 0 Å². The van der Waals surface area contributed by atoms with E-state index in [1.54, 1.807) is 25.1 Å². The molecule has 0 saturated carbocycles. The fraction of sp³-hybridized carbons (Fsp3) is 0.500. The Bertz CT molecular complexity index is 1300. The van der Waals surface area contributed by atoms with Crippen molar-refractivity contribution in [3.8, 4) is 29.1 Å². The maximum atomic E-state index is 13.7. The number of rotatable bonds is 7. The Labute approximate surface area is 225 Å². The molecule has 0 bridgehead atoms. The second-order valence-corrected chi connectivity index (χ2v) is 12.2. The molecule has 0 unspecified atom stereocenters. The van der Waals surface area contributed by atoms with E-state index in [0.717, 1.165) is 17.1 Å². The first kappa shape index (κ1) is 28.2. The number of sulfonamides is 1. The van der Waals surface area contributed by atoms with Crippen LogP contribution in [0.25, 0.3) is 0 Å². The lowest BCUT2D eigenvalue weighted by molar-refractivity contribution is 0.0733. The molecule has 0 fully saturated rings. The molecule has 2 heterocycles. The Balaban J connectivity index is 1.63. The average molecular weight is 544 g/mol. The van der Waals surface area contributed by atoms with Crippen molar-refractivity contribution in [2.75, 3.05) is 54.2 Å².